The molecule has 0 bridgehead atoms. The van der Waals surface area contributed by atoms with Gasteiger partial charge in [-0.25, -0.2) is 12.7 Å². The van der Waals surface area contributed by atoms with Gasteiger partial charge in [0, 0.05) is 44.3 Å². The minimum Gasteiger partial charge on any atom is -0.348 e. The highest BCUT2D eigenvalue weighted by Crippen LogP contribution is 2.17. The van der Waals surface area contributed by atoms with E-state index in [1.807, 2.05) is 0 Å². The summed E-state index contributed by atoms with van der Waals surface area (Å²) in [5.41, 5.74) is 0.417. The Morgan fingerprint density at radius 2 is 1.84 bits per heavy atom. The van der Waals surface area contributed by atoms with Crippen LogP contribution in [0.1, 0.15) is 33.3 Å². The fourth-order valence-corrected chi connectivity index (χ4v) is 3.98. The molecule has 0 fully saturated rings. The molecule has 3 rings (SSSR count). The number of carbonyl (C=O) groups is 2. The quantitative estimate of drug-likeness (QED) is 0.639. The molecule has 0 saturated heterocycles. The van der Waals surface area contributed by atoms with Crippen molar-refractivity contribution in [2.24, 2.45) is 0 Å². The van der Waals surface area contributed by atoms with E-state index in [1.54, 1.807) is 31.2 Å². The van der Waals surface area contributed by atoms with Gasteiger partial charge in [0.05, 0.1) is 6.26 Å². The van der Waals surface area contributed by atoms with E-state index in [4.69, 9.17) is 11.6 Å². The van der Waals surface area contributed by atoms with E-state index in [9.17, 15) is 22.8 Å². The monoisotopic (exact) mass is 480 g/mol. The standard InChI is InChI=1S/C21H25ClN4O5S/c1-14-13-26-18(21(29)25(14)11-10-24(2)32(3,30)31)9-8-17(20(26)28)19(27)23-12-15-4-6-16(22)7-5-15/h4-9,14H,10-13H2,1-3H3,(H,23,27). The number of hydrogen-bond acceptors (Lipinski definition) is 5. The maximum atomic E-state index is 12.9. The smallest absolute Gasteiger partial charge is 0.270 e. The minimum atomic E-state index is -3.36. The van der Waals surface area contributed by atoms with Gasteiger partial charge in [-0.1, -0.05) is 23.7 Å². The number of fused-ring (bicyclic) bond motifs is 1. The molecule has 0 radical (unpaired) electrons. The van der Waals surface area contributed by atoms with Crippen LogP contribution >= 0.6 is 11.6 Å². The Morgan fingerprint density at radius 1 is 1.19 bits per heavy atom. The lowest BCUT2D eigenvalue weighted by atomic mass is 10.1. The molecule has 0 saturated carbocycles. The number of aromatic nitrogens is 1. The van der Waals surface area contributed by atoms with Crippen LogP contribution < -0.4 is 10.9 Å². The molecule has 1 aliphatic heterocycles. The third-order valence-electron chi connectivity index (χ3n) is 5.47. The van der Waals surface area contributed by atoms with E-state index < -0.39 is 21.5 Å². The first kappa shape index (κ1) is 24.0. The summed E-state index contributed by atoms with van der Waals surface area (Å²) in [5, 5.41) is 3.29. The van der Waals surface area contributed by atoms with Crippen LogP contribution in [0.4, 0.5) is 0 Å². The molecule has 32 heavy (non-hydrogen) atoms. The molecule has 11 heteroatoms. The Balaban J connectivity index is 1.75. The van der Waals surface area contributed by atoms with Gasteiger partial charge < -0.3 is 14.8 Å². The van der Waals surface area contributed by atoms with Gasteiger partial charge in [-0.3, -0.25) is 14.4 Å². The van der Waals surface area contributed by atoms with Crippen molar-refractivity contribution < 1.29 is 18.0 Å². The number of sulfonamides is 1. The second-order valence-corrected chi connectivity index (χ2v) is 10.3. The molecule has 2 amide bonds. The number of carbonyl (C=O) groups excluding carboxylic acids is 2. The molecule has 2 heterocycles. The molecular formula is C21H25ClN4O5S. The molecular weight excluding hydrogens is 456 g/mol. The average molecular weight is 481 g/mol. The zero-order chi connectivity index (χ0) is 23.6. The zero-order valence-electron chi connectivity index (χ0n) is 18.0. The van der Waals surface area contributed by atoms with Crippen LogP contribution in [0.15, 0.2) is 41.2 Å². The number of nitrogens with one attached hydrogen (secondary N) is 1. The second kappa shape index (κ2) is 9.43. The van der Waals surface area contributed by atoms with Crippen LogP contribution in [0.5, 0.6) is 0 Å². The predicted molar refractivity (Wildman–Crippen MR) is 121 cm³/mol. The van der Waals surface area contributed by atoms with Gasteiger partial charge in [-0.05, 0) is 36.8 Å². The number of rotatable bonds is 7. The highest BCUT2D eigenvalue weighted by molar-refractivity contribution is 7.88. The summed E-state index contributed by atoms with van der Waals surface area (Å²) in [5.74, 6) is -0.909. The van der Waals surface area contributed by atoms with Gasteiger partial charge in [0.2, 0.25) is 10.0 Å². The van der Waals surface area contributed by atoms with Crippen LogP contribution in [0.25, 0.3) is 0 Å². The number of amides is 2. The average Bonchev–Trinajstić information content (AvgIpc) is 2.73. The van der Waals surface area contributed by atoms with E-state index >= 15 is 0 Å². The molecule has 2 aromatic rings. The molecule has 0 spiro atoms. The van der Waals surface area contributed by atoms with Crippen LogP contribution in [0.2, 0.25) is 5.02 Å². The van der Waals surface area contributed by atoms with Gasteiger partial charge in [-0.2, -0.15) is 0 Å². The first-order valence-corrected chi connectivity index (χ1v) is 12.2. The van der Waals surface area contributed by atoms with E-state index in [0.29, 0.717) is 5.02 Å². The minimum absolute atomic E-state index is 0.0482. The van der Waals surface area contributed by atoms with E-state index in [0.717, 1.165) is 11.8 Å². The first-order valence-electron chi connectivity index (χ1n) is 9.98. The van der Waals surface area contributed by atoms with E-state index in [-0.39, 0.29) is 49.4 Å². The molecule has 9 nitrogen and oxygen atoms in total. The second-order valence-electron chi connectivity index (χ2n) is 7.79. The van der Waals surface area contributed by atoms with Crippen LogP contribution in [-0.2, 0) is 23.1 Å². The lowest BCUT2D eigenvalue weighted by Crippen LogP contribution is -2.52. The van der Waals surface area contributed by atoms with Crippen molar-refractivity contribution in [3.05, 3.63) is 68.6 Å². The Kier molecular flexibility index (Phi) is 7.06. The maximum absolute atomic E-state index is 12.9. The van der Waals surface area contributed by atoms with Crippen molar-refractivity contribution in [2.45, 2.75) is 26.1 Å². The van der Waals surface area contributed by atoms with Crippen LogP contribution in [-0.4, -0.2) is 66.4 Å². The third kappa shape index (κ3) is 5.20. The number of nitrogens with zero attached hydrogens (tertiary/aromatic N) is 3. The zero-order valence-corrected chi connectivity index (χ0v) is 19.6. The molecule has 1 aliphatic rings. The largest absolute Gasteiger partial charge is 0.348 e. The SMILES string of the molecule is CC1Cn2c(ccc(C(=O)NCc3ccc(Cl)cc3)c2=O)C(=O)N1CCN(C)S(C)(=O)=O. The molecule has 1 aromatic carbocycles. The Hall–Kier alpha value is -2.69. The molecule has 1 aromatic heterocycles. The number of likely N-dealkylation sites (N-methyl/N-ethyl adjacent to an activating group) is 1. The van der Waals surface area contributed by atoms with Crippen molar-refractivity contribution in [3.8, 4) is 0 Å². The number of benzene rings is 1. The summed E-state index contributed by atoms with van der Waals surface area (Å²) < 4.78 is 25.7. The normalized spacial score (nSPS) is 16.2. The summed E-state index contributed by atoms with van der Waals surface area (Å²) in [7, 11) is -1.91. The summed E-state index contributed by atoms with van der Waals surface area (Å²) in [4.78, 5) is 40.0. The Morgan fingerprint density at radius 3 is 2.47 bits per heavy atom. The van der Waals surface area contributed by atoms with Gasteiger partial charge >= 0.3 is 0 Å². The third-order valence-corrected chi connectivity index (χ3v) is 7.03. The highest BCUT2D eigenvalue weighted by Gasteiger charge is 2.32. The summed E-state index contributed by atoms with van der Waals surface area (Å²) in [6.45, 7) is 2.56. The lowest BCUT2D eigenvalue weighted by molar-refractivity contribution is 0.0600. The van der Waals surface area contributed by atoms with E-state index in [2.05, 4.69) is 5.32 Å². The maximum Gasteiger partial charge on any atom is 0.270 e. The summed E-state index contributed by atoms with van der Waals surface area (Å²) in [6.07, 6.45) is 1.10. The van der Waals surface area contributed by atoms with Gasteiger partial charge in [0.25, 0.3) is 17.4 Å². The van der Waals surface area contributed by atoms with Gasteiger partial charge in [-0.15, -0.1) is 0 Å². The van der Waals surface area contributed by atoms with Crippen LogP contribution in [0.3, 0.4) is 0 Å². The van der Waals surface area contributed by atoms with Crippen molar-refractivity contribution in [1.82, 2.24) is 19.1 Å². The van der Waals surface area contributed by atoms with Crippen molar-refractivity contribution in [3.63, 3.8) is 0 Å². The highest BCUT2D eigenvalue weighted by atomic mass is 35.5. The molecule has 0 aliphatic carbocycles. The number of hydrogen-bond donors (Lipinski definition) is 1. The van der Waals surface area contributed by atoms with Crippen molar-refractivity contribution in [1.29, 1.82) is 0 Å². The number of halogens is 1. The van der Waals surface area contributed by atoms with Gasteiger partial charge in [0.15, 0.2) is 0 Å². The predicted octanol–water partition coefficient (Wildman–Crippen LogP) is 1.17. The van der Waals surface area contributed by atoms with Crippen molar-refractivity contribution >= 4 is 33.4 Å². The molecule has 1 unspecified atom stereocenters. The molecule has 172 valence electrons. The van der Waals surface area contributed by atoms with Crippen LogP contribution in [0, 0.1) is 0 Å². The fraction of sp³-hybridized carbons (Fsp3) is 0.381. The lowest BCUT2D eigenvalue weighted by Gasteiger charge is -2.36. The van der Waals surface area contributed by atoms with E-state index in [1.165, 1.54) is 33.0 Å². The van der Waals surface area contributed by atoms with Crippen molar-refractivity contribution in [2.75, 3.05) is 26.4 Å². The molecule has 1 N–H and O–H groups in total. The Bertz CT molecular complexity index is 1190. The van der Waals surface area contributed by atoms with Gasteiger partial charge in [0.1, 0.15) is 11.3 Å². The summed E-state index contributed by atoms with van der Waals surface area (Å²) >= 11 is 5.86. The number of pyridine rings is 1. The molecule has 1 atom stereocenters. The Labute approximate surface area is 191 Å². The first-order chi connectivity index (χ1) is 15.0. The summed E-state index contributed by atoms with van der Waals surface area (Å²) in [6, 6.07) is 9.44. The fourth-order valence-electron chi connectivity index (χ4n) is 3.45. The topological polar surface area (TPSA) is 109 Å².